The number of nitro benzene ring substituents is 1. The van der Waals surface area contributed by atoms with Gasteiger partial charge in [-0.1, -0.05) is 18.2 Å². The topological polar surface area (TPSA) is 99.9 Å². The lowest BCUT2D eigenvalue weighted by molar-refractivity contribution is -0.385. The molecule has 3 heterocycles. The quantitative estimate of drug-likeness (QED) is 0.495. The standard InChI is InChI=1S/C19H14N2O6/c22-19-18-13(9-27-19)20-12-8-16-15(25-5-6-26-16)7-11(12)17(18)10-3-1-2-4-14(10)21(23)24/h1-4,7-8,17,20H,5-6,9H2/t17-/m0/s1. The minimum atomic E-state index is -0.622. The molecule has 0 amide bonds. The molecular formula is C19H14N2O6. The molecule has 0 radical (unpaired) electrons. The van der Waals surface area contributed by atoms with E-state index in [-0.39, 0.29) is 12.3 Å². The number of hydrogen-bond acceptors (Lipinski definition) is 7. The summed E-state index contributed by atoms with van der Waals surface area (Å²) in [6, 6.07) is 10.0. The third-order valence-corrected chi connectivity index (χ3v) is 4.94. The number of hydrogen-bond donors (Lipinski definition) is 1. The van der Waals surface area contributed by atoms with Gasteiger partial charge in [0.05, 0.1) is 22.1 Å². The summed E-state index contributed by atoms with van der Waals surface area (Å²) in [5.74, 6) is 0.0637. The van der Waals surface area contributed by atoms with Crippen LogP contribution in [0.1, 0.15) is 17.0 Å². The zero-order chi connectivity index (χ0) is 18.5. The molecule has 2 aromatic carbocycles. The third kappa shape index (κ3) is 2.33. The van der Waals surface area contributed by atoms with Crippen molar-refractivity contribution >= 4 is 17.3 Å². The Bertz CT molecular complexity index is 1030. The minimum absolute atomic E-state index is 0.0446. The normalized spacial score (nSPS) is 19.7. The number of cyclic esters (lactones) is 1. The van der Waals surface area contributed by atoms with Gasteiger partial charge in [0.15, 0.2) is 11.5 Å². The lowest BCUT2D eigenvalue weighted by atomic mass is 9.80. The number of fused-ring (bicyclic) bond motifs is 2. The fourth-order valence-electron chi connectivity index (χ4n) is 3.80. The number of para-hydroxylation sites is 1. The minimum Gasteiger partial charge on any atom is -0.486 e. The largest absolute Gasteiger partial charge is 0.486 e. The Morgan fingerprint density at radius 2 is 1.78 bits per heavy atom. The lowest BCUT2D eigenvalue weighted by Crippen LogP contribution is -2.22. The van der Waals surface area contributed by atoms with Crippen molar-refractivity contribution in [3.8, 4) is 11.5 Å². The van der Waals surface area contributed by atoms with Gasteiger partial charge in [0.1, 0.15) is 19.8 Å². The number of rotatable bonds is 2. The fraction of sp³-hybridized carbons (Fsp3) is 0.211. The van der Waals surface area contributed by atoms with Gasteiger partial charge in [-0.2, -0.15) is 0 Å². The number of nitro groups is 1. The first kappa shape index (κ1) is 15.7. The first-order valence-electron chi connectivity index (χ1n) is 8.47. The van der Waals surface area contributed by atoms with Gasteiger partial charge in [-0.05, 0) is 11.6 Å². The number of anilines is 1. The second-order valence-corrected chi connectivity index (χ2v) is 6.43. The SMILES string of the molecule is O=C1OCC2=C1[C@@H](c1ccccc1[N+](=O)[O-])c1cc3c(cc1N2)OCCO3. The van der Waals surface area contributed by atoms with Crippen molar-refractivity contribution in [1.29, 1.82) is 0 Å². The second-order valence-electron chi connectivity index (χ2n) is 6.43. The first-order valence-corrected chi connectivity index (χ1v) is 8.47. The van der Waals surface area contributed by atoms with Crippen molar-refractivity contribution in [2.24, 2.45) is 0 Å². The highest BCUT2D eigenvalue weighted by atomic mass is 16.6. The van der Waals surface area contributed by atoms with E-state index < -0.39 is 16.8 Å². The van der Waals surface area contributed by atoms with Gasteiger partial charge >= 0.3 is 5.97 Å². The molecule has 27 heavy (non-hydrogen) atoms. The number of carbonyl (C=O) groups excluding carboxylic acids is 1. The Hall–Kier alpha value is -3.55. The average Bonchev–Trinajstić information content (AvgIpc) is 3.05. The van der Waals surface area contributed by atoms with Gasteiger partial charge in [-0.15, -0.1) is 0 Å². The smallest absolute Gasteiger partial charge is 0.337 e. The van der Waals surface area contributed by atoms with E-state index in [0.29, 0.717) is 47.1 Å². The second kappa shape index (κ2) is 5.73. The molecule has 0 bridgehead atoms. The number of esters is 1. The van der Waals surface area contributed by atoms with Crippen LogP contribution >= 0.6 is 0 Å². The van der Waals surface area contributed by atoms with Crippen LogP contribution in [0, 0.1) is 10.1 Å². The number of carbonyl (C=O) groups is 1. The Balaban J connectivity index is 1.76. The summed E-state index contributed by atoms with van der Waals surface area (Å²) in [7, 11) is 0. The van der Waals surface area contributed by atoms with E-state index in [4.69, 9.17) is 14.2 Å². The van der Waals surface area contributed by atoms with Crippen LogP contribution in [0.5, 0.6) is 11.5 Å². The predicted octanol–water partition coefficient (Wildman–Crippen LogP) is 2.73. The van der Waals surface area contributed by atoms with Crippen LogP contribution in [0.15, 0.2) is 47.7 Å². The van der Waals surface area contributed by atoms with Crippen LogP contribution in [0.25, 0.3) is 0 Å². The molecule has 2 aromatic rings. The molecule has 0 unspecified atom stereocenters. The average molecular weight is 366 g/mol. The van der Waals surface area contributed by atoms with E-state index in [1.54, 1.807) is 30.3 Å². The Morgan fingerprint density at radius 3 is 2.56 bits per heavy atom. The third-order valence-electron chi connectivity index (χ3n) is 4.94. The van der Waals surface area contributed by atoms with Crippen molar-refractivity contribution in [1.82, 2.24) is 0 Å². The molecule has 0 saturated heterocycles. The molecule has 3 aliphatic heterocycles. The van der Waals surface area contributed by atoms with E-state index in [2.05, 4.69) is 5.32 Å². The van der Waals surface area contributed by atoms with E-state index in [1.165, 1.54) is 6.07 Å². The monoisotopic (exact) mass is 366 g/mol. The molecule has 0 aliphatic carbocycles. The first-order chi connectivity index (χ1) is 13.1. The van der Waals surface area contributed by atoms with E-state index >= 15 is 0 Å². The van der Waals surface area contributed by atoms with Crippen molar-refractivity contribution in [2.45, 2.75) is 5.92 Å². The van der Waals surface area contributed by atoms with Crippen molar-refractivity contribution in [3.63, 3.8) is 0 Å². The molecule has 0 aromatic heterocycles. The van der Waals surface area contributed by atoms with Crippen molar-refractivity contribution in [2.75, 3.05) is 25.1 Å². The molecule has 0 fully saturated rings. The van der Waals surface area contributed by atoms with Gasteiger partial charge in [0, 0.05) is 23.4 Å². The van der Waals surface area contributed by atoms with Gasteiger partial charge in [0.2, 0.25) is 0 Å². The lowest BCUT2D eigenvalue weighted by Gasteiger charge is -2.29. The van der Waals surface area contributed by atoms with Crippen LogP contribution < -0.4 is 14.8 Å². The molecule has 5 rings (SSSR count). The fourth-order valence-corrected chi connectivity index (χ4v) is 3.80. The summed E-state index contributed by atoms with van der Waals surface area (Å²) < 4.78 is 16.5. The van der Waals surface area contributed by atoms with Crippen molar-refractivity contribution < 1.29 is 23.9 Å². The van der Waals surface area contributed by atoms with E-state index in [1.807, 2.05) is 0 Å². The molecule has 1 atom stereocenters. The Morgan fingerprint density at radius 1 is 1.04 bits per heavy atom. The highest BCUT2D eigenvalue weighted by molar-refractivity contribution is 5.97. The summed E-state index contributed by atoms with van der Waals surface area (Å²) in [4.78, 5) is 23.6. The molecule has 0 saturated carbocycles. The zero-order valence-corrected chi connectivity index (χ0v) is 14.1. The number of nitrogens with zero attached hydrogens (tertiary/aromatic N) is 1. The highest BCUT2D eigenvalue weighted by Gasteiger charge is 2.41. The van der Waals surface area contributed by atoms with Gasteiger partial charge in [-0.25, -0.2) is 4.79 Å². The summed E-state index contributed by atoms with van der Waals surface area (Å²) in [5, 5.41) is 14.8. The molecular weight excluding hydrogens is 352 g/mol. The van der Waals surface area contributed by atoms with Crippen LogP contribution in [0.2, 0.25) is 0 Å². The molecule has 1 N–H and O–H groups in total. The van der Waals surface area contributed by atoms with Crippen LogP contribution in [-0.2, 0) is 9.53 Å². The highest BCUT2D eigenvalue weighted by Crippen LogP contribution is 2.49. The van der Waals surface area contributed by atoms with Gasteiger partial charge in [0.25, 0.3) is 5.69 Å². The molecule has 3 aliphatic rings. The zero-order valence-electron chi connectivity index (χ0n) is 14.1. The summed E-state index contributed by atoms with van der Waals surface area (Å²) in [6.07, 6.45) is 0. The van der Waals surface area contributed by atoms with Gasteiger partial charge in [-0.3, -0.25) is 10.1 Å². The van der Waals surface area contributed by atoms with Gasteiger partial charge < -0.3 is 19.5 Å². The van der Waals surface area contributed by atoms with E-state index in [0.717, 1.165) is 5.69 Å². The Kier molecular flexibility index (Phi) is 3.33. The van der Waals surface area contributed by atoms with Crippen LogP contribution in [-0.4, -0.2) is 30.7 Å². The van der Waals surface area contributed by atoms with Crippen LogP contribution in [0.4, 0.5) is 11.4 Å². The molecule has 136 valence electrons. The maximum Gasteiger partial charge on any atom is 0.337 e. The number of ether oxygens (including phenoxy) is 3. The summed E-state index contributed by atoms with van der Waals surface area (Å²) in [6.45, 7) is 0.986. The molecule has 8 nitrogen and oxygen atoms in total. The van der Waals surface area contributed by atoms with Crippen LogP contribution in [0.3, 0.4) is 0 Å². The molecule has 8 heteroatoms. The Labute approximate surface area is 153 Å². The summed E-state index contributed by atoms with van der Waals surface area (Å²) >= 11 is 0. The molecule has 0 spiro atoms. The number of benzene rings is 2. The summed E-state index contributed by atoms with van der Waals surface area (Å²) in [5.41, 5.74) is 2.84. The van der Waals surface area contributed by atoms with Crippen molar-refractivity contribution in [3.05, 3.63) is 68.9 Å². The number of nitrogens with one attached hydrogen (secondary N) is 1. The maximum absolute atomic E-state index is 12.4. The maximum atomic E-state index is 12.4. The predicted molar refractivity (Wildman–Crippen MR) is 94.0 cm³/mol. The van der Waals surface area contributed by atoms with E-state index in [9.17, 15) is 14.9 Å².